The molecule has 2 fully saturated rings. The molecule has 4 nitrogen and oxygen atoms in total. The van der Waals surface area contributed by atoms with Gasteiger partial charge in [0, 0.05) is 19.2 Å². The maximum Gasteiger partial charge on any atom is 0.234 e. The Balaban J connectivity index is 0.00000128. The van der Waals surface area contributed by atoms with Crippen LogP contribution >= 0.6 is 12.4 Å². The zero-order chi connectivity index (χ0) is 10.5. The lowest BCUT2D eigenvalue weighted by molar-refractivity contribution is -0.121. The van der Waals surface area contributed by atoms with Crippen molar-refractivity contribution in [1.82, 2.24) is 10.6 Å². The Labute approximate surface area is 103 Å². The molecular weight excluding hydrogens is 228 g/mol. The third-order valence-corrected chi connectivity index (χ3v) is 3.15. The van der Waals surface area contributed by atoms with E-state index in [1.807, 2.05) is 0 Å². The second kappa shape index (κ2) is 7.09. The van der Waals surface area contributed by atoms with Gasteiger partial charge in [-0.1, -0.05) is 0 Å². The summed E-state index contributed by atoms with van der Waals surface area (Å²) in [4.78, 5) is 11.4. The molecule has 0 aromatic rings. The van der Waals surface area contributed by atoms with Gasteiger partial charge in [-0.25, -0.2) is 0 Å². The minimum Gasteiger partial charge on any atom is -0.377 e. The van der Waals surface area contributed by atoms with Crippen molar-refractivity contribution < 1.29 is 9.53 Å². The Morgan fingerprint density at radius 1 is 1.25 bits per heavy atom. The van der Waals surface area contributed by atoms with Crippen molar-refractivity contribution in [3.05, 3.63) is 0 Å². The number of ether oxygens (including phenoxy) is 1. The average Bonchev–Trinajstić information content (AvgIpc) is 2.64. The highest BCUT2D eigenvalue weighted by molar-refractivity contribution is 5.85. The van der Waals surface area contributed by atoms with E-state index in [0.717, 1.165) is 38.8 Å². The summed E-state index contributed by atoms with van der Waals surface area (Å²) in [5.74, 6) is 0.123. The predicted molar refractivity (Wildman–Crippen MR) is 64.9 cm³/mol. The lowest BCUT2D eigenvalue weighted by Gasteiger charge is -2.26. The van der Waals surface area contributed by atoms with Gasteiger partial charge in [0.15, 0.2) is 0 Å². The molecule has 0 radical (unpaired) electrons. The van der Waals surface area contributed by atoms with E-state index in [0.29, 0.717) is 18.7 Å². The van der Waals surface area contributed by atoms with Crippen molar-refractivity contribution in [2.75, 3.05) is 19.7 Å². The summed E-state index contributed by atoms with van der Waals surface area (Å²) in [6, 6.07) is 0.446. The monoisotopic (exact) mass is 248 g/mol. The summed E-state index contributed by atoms with van der Waals surface area (Å²) < 4.78 is 5.45. The number of amides is 1. The van der Waals surface area contributed by atoms with Crippen LogP contribution in [0.4, 0.5) is 0 Å². The molecule has 0 aromatic carbocycles. The Hall–Kier alpha value is -0.320. The van der Waals surface area contributed by atoms with Crippen LogP contribution in [0.15, 0.2) is 0 Å². The highest BCUT2D eigenvalue weighted by Crippen LogP contribution is 2.17. The van der Waals surface area contributed by atoms with E-state index >= 15 is 0 Å². The molecule has 1 heterocycles. The fourth-order valence-electron chi connectivity index (χ4n) is 1.98. The minimum atomic E-state index is 0. The van der Waals surface area contributed by atoms with Crippen LogP contribution in [0.3, 0.4) is 0 Å². The van der Waals surface area contributed by atoms with Gasteiger partial charge < -0.3 is 15.4 Å². The third-order valence-electron chi connectivity index (χ3n) is 3.15. The molecule has 2 aliphatic rings. The number of nitrogens with one attached hydrogen (secondary N) is 2. The molecule has 16 heavy (non-hydrogen) atoms. The van der Waals surface area contributed by atoms with E-state index in [-0.39, 0.29) is 18.3 Å². The maximum absolute atomic E-state index is 11.4. The van der Waals surface area contributed by atoms with Crippen LogP contribution in [-0.4, -0.2) is 37.7 Å². The van der Waals surface area contributed by atoms with Gasteiger partial charge in [0.2, 0.25) is 5.91 Å². The molecule has 0 spiro atoms. The largest absolute Gasteiger partial charge is 0.377 e. The van der Waals surface area contributed by atoms with Crippen molar-refractivity contribution >= 4 is 18.3 Å². The summed E-state index contributed by atoms with van der Waals surface area (Å²) in [5, 5.41) is 6.14. The van der Waals surface area contributed by atoms with Crippen molar-refractivity contribution in [2.45, 2.75) is 44.2 Å². The molecule has 1 aliphatic carbocycles. The van der Waals surface area contributed by atoms with E-state index < -0.39 is 0 Å². The average molecular weight is 249 g/mol. The molecule has 1 saturated carbocycles. The quantitative estimate of drug-likeness (QED) is 0.758. The van der Waals surface area contributed by atoms with Crippen molar-refractivity contribution in [3.63, 3.8) is 0 Å². The van der Waals surface area contributed by atoms with E-state index in [4.69, 9.17) is 4.74 Å². The molecule has 2 N–H and O–H groups in total. The molecule has 1 aliphatic heterocycles. The Kier molecular flexibility index (Phi) is 6.09. The summed E-state index contributed by atoms with van der Waals surface area (Å²) in [6.45, 7) is 2.11. The van der Waals surface area contributed by atoms with Gasteiger partial charge in [-0.05, 0) is 32.1 Å². The molecule has 1 saturated heterocycles. The van der Waals surface area contributed by atoms with Gasteiger partial charge in [-0.3, -0.25) is 4.79 Å². The Bertz CT molecular complexity index is 216. The lowest BCUT2D eigenvalue weighted by atomic mass is 9.93. The van der Waals surface area contributed by atoms with Crippen LogP contribution in [0.5, 0.6) is 0 Å². The van der Waals surface area contributed by atoms with Crippen LogP contribution in [0.2, 0.25) is 0 Å². The summed E-state index contributed by atoms with van der Waals surface area (Å²) in [6.07, 6.45) is 6.16. The molecule has 5 heteroatoms. The topological polar surface area (TPSA) is 50.4 Å². The lowest BCUT2D eigenvalue weighted by Crippen LogP contribution is -2.44. The molecule has 0 aromatic heterocycles. The van der Waals surface area contributed by atoms with Crippen LogP contribution in [-0.2, 0) is 9.53 Å². The van der Waals surface area contributed by atoms with Gasteiger partial charge in [0.25, 0.3) is 0 Å². The van der Waals surface area contributed by atoms with Crippen LogP contribution < -0.4 is 10.6 Å². The molecule has 1 unspecified atom stereocenters. The van der Waals surface area contributed by atoms with Crippen molar-refractivity contribution in [2.24, 2.45) is 0 Å². The zero-order valence-corrected chi connectivity index (χ0v) is 10.4. The second-order valence-electron chi connectivity index (χ2n) is 4.46. The van der Waals surface area contributed by atoms with E-state index in [9.17, 15) is 4.79 Å². The fourth-order valence-corrected chi connectivity index (χ4v) is 1.98. The first kappa shape index (κ1) is 13.7. The van der Waals surface area contributed by atoms with Gasteiger partial charge in [-0.2, -0.15) is 0 Å². The van der Waals surface area contributed by atoms with Crippen LogP contribution in [0.25, 0.3) is 0 Å². The Morgan fingerprint density at radius 3 is 2.62 bits per heavy atom. The Morgan fingerprint density at radius 2 is 2.06 bits per heavy atom. The number of rotatable bonds is 5. The van der Waals surface area contributed by atoms with Gasteiger partial charge in [0.05, 0.1) is 12.6 Å². The highest BCUT2D eigenvalue weighted by Gasteiger charge is 2.19. The van der Waals surface area contributed by atoms with Crippen molar-refractivity contribution in [3.8, 4) is 0 Å². The van der Waals surface area contributed by atoms with Gasteiger partial charge >= 0.3 is 0 Å². The van der Waals surface area contributed by atoms with E-state index in [1.165, 1.54) is 6.42 Å². The number of carbonyl (C=O) groups excluding carboxylic acids is 1. The number of hydrogen-bond donors (Lipinski definition) is 2. The summed E-state index contributed by atoms with van der Waals surface area (Å²) in [5.41, 5.74) is 0. The molecule has 0 bridgehead atoms. The number of carbonyl (C=O) groups is 1. The first-order valence-electron chi connectivity index (χ1n) is 5.96. The van der Waals surface area contributed by atoms with Crippen LogP contribution in [0.1, 0.15) is 32.1 Å². The zero-order valence-electron chi connectivity index (χ0n) is 9.54. The molecular formula is C11H21ClN2O2. The third kappa shape index (κ3) is 4.28. The van der Waals surface area contributed by atoms with Gasteiger partial charge in [0.1, 0.15) is 0 Å². The second-order valence-corrected chi connectivity index (χ2v) is 4.46. The molecule has 2 rings (SSSR count). The smallest absolute Gasteiger partial charge is 0.234 e. The SMILES string of the molecule is Cl.O=C(CNCC1CCCO1)NC1CCC1. The highest BCUT2D eigenvalue weighted by atomic mass is 35.5. The summed E-state index contributed by atoms with van der Waals surface area (Å²) in [7, 11) is 0. The number of hydrogen-bond acceptors (Lipinski definition) is 3. The first-order valence-corrected chi connectivity index (χ1v) is 5.96. The predicted octanol–water partition coefficient (Wildman–Crippen LogP) is 0.845. The summed E-state index contributed by atoms with van der Waals surface area (Å²) >= 11 is 0. The maximum atomic E-state index is 11.4. The fraction of sp³-hybridized carbons (Fsp3) is 0.909. The van der Waals surface area contributed by atoms with E-state index in [2.05, 4.69) is 10.6 Å². The normalized spacial score (nSPS) is 24.6. The molecule has 94 valence electrons. The van der Waals surface area contributed by atoms with E-state index in [1.54, 1.807) is 0 Å². The molecule has 1 amide bonds. The number of halogens is 1. The van der Waals surface area contributed by atoms with Crippen LogP contribution in [0, 0.1) is 0 Å². The standard InChI is InChI=1S/C11H20N2O2.ClH/c14-11(13-9-3-1-4-9)8-12-7-10-5-2-6-15-10;/h9-10,12H,1-8H2,(H,13,14);1H. The van der Waals surface area contributed by atoms with Crippen molar-refractivity contribution in [1.29, 1.82) is 0 Å². The molecule has 1 atom stereocenters. The first-order chi connectivity index (χ1) is 7.34. The minimum absolute atomic E-state index is 0. The van der Waals surface area contributed by atoms with Gasteiger partial charge in [-0.15, -0.1) is 12.4 Å².